The SMILES string of the molecule is NC/C=C(\F)COc1ccc(Cl)cc1Cl. The normalized spacial score (nSPS) is 11.6. The molecule has 0 unspecified atom stereocenters. The number of rotatable bonds is 4. The highest BCUT2D eigenvalue weighted by molar-refractivity contribution is 6.35. The second kappa shape index (κ2) is 5.95. The van der Waals surface area contributed by atoms with Gasteiger partial charge in [0.25, 0.3) is 0 Å². The molecule has 2 nitrogen and oxygen atoms in total. The Morgan fingerprint density at radius 3 is 2.80 bits per heavy atom. The lowest BCUT2D eigenvalue weighted by atomic mass is 10.3. The maximum atomic E-state index is 12.9. The Hall–Kier alpha value is -0.770. The lowest BCUT2D eigenvalue weighted by Crippen LogP contribution is -2.01. The van der Waals surface area contributed by atoms with Crippen LogP contribution in [-0.4, -0.2) is 13.2 Å². The van der Waals surface area contributed by atoms with Crippen molar-refractivity contribution in [1.29, 1.82) is 0 Å². The molecule has 0 aliphatic heterocycles. The number of hydrogen-bond acceptors (Lipinski definition) is 2. The predicted molar refractivity (Wildman–Crippen MR) is 60.2 cm³/mol. The molecule has 1 aromatic rings. The molecular formula is C10H10Cl2FNO. The van der Waals surface area contributed by atoms with Gasteiger partial charge >= 0.3 is 0 Å². The summed E-state index contributed by atoms with van der Waals surface area (Å²) in [6.07, 6.45) is 1.24. The van der Waals surface area contributed by atoms with Crippen molar-refractivity contribution < 1.29 is 9.13 Å². The number of benzene rings is 1. The third-order valence-electron chi connectivity index (χ3n) is 1.60. The van der Waals surface area contributed by atoms with Gasteiger partial charge in [0.15, 0.2) is 0 Å². The average Bonchev–Trinajstić information content (AvgIpc) is 2.17. The van der Waals surface area contributed by atoms with Gasteiger partial charge in [-0.25, -0.2) is 4.39 Å². The number of halogens is 3. The van der Waals surface area contributed by atoms with Gasteiger partial charge in [-0.05, 0) is 24.3 Å². The van der Waals surface area contributed by atoms with Crippen LogP contribution in [0.5, 0.6) is 5.75 Å². The fourth-order valence-corrected chi connectivity index (χ4v) is 1.39. The van der Waals surface area contributed by atoms with E-state index < -0.39 is 5.83 Å². The summed E-state index contributed by atoms with van der Waals surface area (Å²) in [6, 6.07) is 4.73. The van der Waals surface area contributed by atoms with E-state index >= 15 is 0 Å². The molecular weight excluding hydrogens is 240 g/mol. The lowest BCUT2D eigenvalue weighted by Gasteiger charge is -2.06. The Morgan fingerprint density at radius 1 is 1.47 bits per heavy atom. The van der Waals surface area contributed by atoms with E-state index in [1.54, 1.807) is 12.1 Å². The first-order valence-electron chi connectivity index (χ1n) is 4.26. The van der Waals surface area contributed by atoms with Gasteiger partial charge in [0, 0.05) is 11.6 Å². The van der Waals surface area contributed by atoms with E-state index in [9.17, 15) is 4.39 Å². The van der Waals surface area contributed by atoms with Crippen LogP contribution in [0.25, 0.3) is 0 Å². The van der Waals surface area contributed by atoms with Gasteiger partial charge in [-0.1, -0.05) is 23.2 Å². The van der Waals surface area contributed by atoms with Crippen LogP contribution in [0.2, 0.25) is 10.0 Å². The van der Waals surface area contributed by atoms with Gasteiger partial charge in [0.2, 0.25) is 0 Å². The van der Waals surface area contributed by atoms with Gasteiger partial charge in [-0.3, -0.25) is 0 Å². The van der Waals surface area contributed by atoms with Crippen LogP contribution in [0.1, 0.15) is 0 Å². The summed E-state index contributed by atoms with van der Waals surface area (Å²) in [6.45, 7) is -0.0396. The van der Waals surface area contributed by atoms with Crippen LogP contribution >= 0.6 is 23.2 Å². The molecule has 0 saturated carbocycles. The molecule has 0 aliphatic carbocycles. The topological polar surface area (TPSA) is 35.2 Å². The molecule has 2 N–H and O–H groups in total. The second-order valence-electron chi connectivity index (χ2n) is 2.75. The van der Waals surface area contributed by atoms with Crippen molar-refractivity contribution >= 4 is 23.2 Å². The molecule has 1 rings (SSSR count). The molecule has 5 heteroatoms. The second-order valence-corrected chi connectivity index (χ2v) is 3.59. The van der Waals surface area contributed by atoms with Crippen molar-refractivity contribution in [1.82, 2.24) is 0 Å². The van der Waals surface area contributed by atoms with E-state index in [0.29, 0.717) is 15.8 Å². The van der Waals surface area contributed by atoms with E-state index in [-0.39, 0.29) is 13.2 Å². The minimum Gasteiger partial charge on any atom is -0.485 e. The standard InChI is InChI=1S/C10H10Cl2FNO/c11-7-1-2-10(9(12)5-7)15-6-8(13)3-4-14/h1-3,5H,4,6,14H2/b8-3-. The van der Waals surface area contributed by atoms with Gasteiger partial charge in [-0.15, -0.1) is 0 Å². The van der Waals surface area contributed by atoms with Crippen LogP contribution in [0.4, 0.5) is 4.39 Å². The van der Waals surface area contributed by atoms with Crippen molar-refractivity contribution in [3.05, 3.63) is 40.1 Å². The van der Waals surface area contributed by atoms with Gasteiger partial charge < -0.3 is 10.5 Å². The molecule has 0 amide bonds. The number of ether oxygens (including phenoxy) is 1. The third kappa shape index (κ3) is 4.08. The van der Waals surface area contributed by atoms with Gasteiger partial charge in [-0.2, -0.15) is 0 Å². The van der Waals surface area contributed by atoms with Gasteiger partial charge in [0.1, 0.15) is 18.2 Å². The molecule has 0 aromatic heterocycles. The molecule has 1 aromatic carbocycles. The molecule has 0 bridgehead atoms. The molecule has 0 fully saturated rings. The Kier molecular flexibility index (Phi) is 4.88. The summed E-state index contributed by atoms with van der Waals surface area (Å²) in [5.41, 5.74) is 5.13. The summed E-state index contributed by atoms with van der Waals surface area (Å²) in [5, 5.41) is 0.855. The largest absolute Gasteiger partial charge is 0.485 e. The van der Waals surface area contributed by atoms with E-state index in [0.717, 1.165) is 0 Å². The molecule has 0 atom stereocenters. The van der Waals surface area contributed by atoms with Crippen LogP contribution in [0.15, 0.2) is 30.1 Å². The molecule has 0 radical (unpaired) electrons. The van der Waals surface area contributed by atoms with Crippen LogP contribution in [0, 0.1) is 0 Å². The van der Waals surface area contributed by atoms with E-state index in [2.05, 4.69) is 0 Å². The van der Waals surface area contributed by atoms with Crippen molar-refractivity contribution in [3.63, 3.8) is 0 Å². The Bertz CT molecular complexity index is 368. The lowest BCUT2D eigenvalue weighted by molar-refractivity contribution is 0.318. The zero-order chi connectivity index (χ0) is 11.3. The van der Waals surface area contributed by atoms with Crippen LogP contribution in [0.3, 0.4) is 0 Å². The summed E-state index contributed by atoms with van der Waals surface area (Å²) < 4.78 is 18.0. The first kappa shape index (κ1) is 12.3. The highest BCUT2D eigenvalue weighted by Gasteiger charge is 2.03. The molecule has 15 heavy (non-hydrogen) atoms. The minimum atomic E-state index is -0.427. The van der Waals surface area contributed by atoms with Gasteiger partial charge in [0.05, 0.1) is 5.02 Å². The monoisotopic (exact) mass is 249 g/mol. The summed E-state index contributed by atoms with van der Waals surface area (Å²) in [7, 11) is 0. The maximum Gasteiger partial charge on any atom is 0.139 e. The first-order valence-corrected chi connectivity index (χ1v) is 5.01. The summed E-state index contributed by atoms with van der Waals surface area (Å²) in [5.74, 6) is -0.0369. The Balaban J connectivity index is 2.62. The fourth-order valence-electron chi connectivity index (χ4n) is 0.926. The minimum absolute atomic E-state index is 0.142. The maximum absolute atomic E-state index is 12.9. The highest BCUT2D eigenvalue weighted by Crippen LogP contribution is 2.27. The van der Waals surface area contributed by atoms with E-state index in [1.165, 1.54) is 12.1 Å². The van der Waals surface area contributed by atoms with Crippen molar-refractivity contribution in [2.24, 2.45) is 5.73 Å². The van der Waals surface area contributed by atoms with E-state index in [1.807, 2.05) is 0 Å². The van der Waals surface area contributed by atoms with Crippen molar-refractivity contribution in [2.75, 3.05) is 13.2 Å². The predicted octanol–water partition coefficient (Wildman–Crippen LogP) is 3.18. The quantitative estimate of drug-likeness (QED) is 0.890. The van der Waals surface area contributed by atoms with Crippen LogP contribution in [-0.2, 0) is 0 Å². The summed E-state index contributed by atoms with van der Waals surface area (Å²) >= 11 is 11.5. The van der Waals surface area contributed by atoms with E-state index in [4.69, 9.17) is 33.7 Å². The zero-order valence-corrected chi connectivity index (χ0v) is 9.35. The smallest absolute Gasteiger partial charge is 0.139 e. The zero-order valence-electron chi connectivity index (χ0n) is 7.84. The number of hydrogen-bond donors (Lipinski definition) is 1. The van der Waals surface area contributed by atoms with Crippen molar-refractivity contribution in [3.8, 4) is 5.75 Å². The third-order valence-corrected chi connectivity index (χ3v) is 2.13. The molecule has 82 valence electrons. The summed E-state index contributed by atoms with van der Waals surface area (Å²) in [4.78, 5) is 0. The molecule has 0 aliphatic rings. The fraction of sp³-hybridized carbons (Fsp3) is 0.200. The van der Waals surface area contributed by atoms with Crippen LogP contribution < -0.4 is 10.5 Å². The van der Waals surface area contributed by atoms with Crippen molar-refractivity contribution in [2.45, 2.75) is 0 Å². The Morgan fingerprint density at radius 2 is 2.20 bits per heavy atom. The highest BCUT2D eigenvalue weighted by atomic mass is 35.5. The average molecular weight is 250 g/mol. The molecule has 0 heterocycles. The molecule has 0 saturated heterocycles. The Labute approximate surface area is 97.4 Å². The molecule has 0 spiro atoms. The number of nitrogens with two attached hydrogens (primary N) is 1. The first-order chi connectivity index (χ1) is 7.13.